The molecule has 3 nitrogen and oxygen atoms in total. The molecule has 2 fully saturated rings. The third-order valence-electron chi connectivity index (χ3n) is 4.34. The number of likely N-dealkylation sites (tertiary alicyclic amines) is 1. The predicted molar refractivity (Wildman–Crippen MR) is 73.3 cm³/mol. The first-order chi connectivity index (χ1) is 8.34. The Morgan fingerprint density at radius 1 is 1.18 bits per heavy atom. The molecular weight excluding hydrogens is 210 g/mol. The van der Waals surface area contributed by atoms with Gasteiger partial charge in [0.1, 0.15) is 0 Å². The lowest BCUT2D eigenvalue weighted by Gasteiger charge is -2.30. The molecule has 2 heterocycles. The average Bonchev–Trinajstić information content (AvgIpc) is 2.36. The lowest BCUT2D eigenvalue weighted by Crippen LogP contribution is -2.38. The number of hydrogen-bond acceptors (Lipinski definition) is 3. The van der Waals surface area contributed by atoms with Gasteiger partial charge in [0.25, 0.3) is 0 Å². The van der Waals surface area contributed by atoms with Crippen molar-refractivity contribution in [1.29, 1.82) is 0 Å². The smallest absolute Gasteiger partial charge is 0.00187 e. The highest BCUT2D eigenvalue weighted by Gasteiger charge is 2.17. The molecule has 3 heteroatoms. The Morgan fingerprint density at radius 3 is 2.76 bits per heavy atom. The van der Waals surface area contributed by atoms with E-state index in [4.69, 9.17) is 0 Å². The van der Waals surface area contributed by atoms with Crippen molar-refractivity contribution in [2.75, 3.05) is 46.3 Å². The largest absolute Gasteiger partial charge is 0.317 e. The van der Waals surface area contributed by atoms with Crippen LogP contribution in [0.2, 0.25) is 0 Å². The summed E-state index contributed by atoms with van der Waals surface area (Å²) in [7, 11) is 2.25. The van der Waals surface area contributed by atoms with Crippen molar-refractivity contribution >= 4 is 0 Å². The highest BCUT2D eigenvalue weighted by molar-refractivity contribution is 4.73. The van der Waals surface area contributed by atoms with Crippen LogP contribution in [0.5, 0.6) is 0 Å². The Kier molecular flexibility index (Phi) is 5.75. The topological polar surface area (TPSA) is 27.3 Å². The summed E-state index contributed by atoms with van der Waals surface area (Å²) < 4.78 is 0. The van der Waals surface area contributed by atoms with Gasteiger partial charge < -0.3 is 15.5 Å². The van der Waals surface area contributed by atoms with Gasteiger partial charge in [0, 0.05) is 6.54 Å². The van der Waals surface area contributed by atoms with E-state index in [1.807, 2.05) is 0 Å². The summed E-state index contributed by atoms with van der Waals surface area (Å²) >= 11 is 0. The van der Waals surface area contributed by atoms with E-state index in [0.29, 0.717) is 0 Å². The molecule has 2 saturated heterocycles. The summed E-state index contributed by atoms with van der Waals surface area (Å²) in [6.07, 6.45) is 6.95. The van der Waals surface area contributed by atoms with Gasteiger partial charge in [-0.1, -0.05) is 0 Å². The zero-order valence-corrected chi connectivity index (χ0v) is 11.4. The Hall–Kier alpha value is -0.120. The van der Waals surface area contributed by atoms with Gasteiger partial charge in [0.05, 0.1) is 0 Å². The monoisotopic (exact) mass is 239 g/mol. The fourth-order valence-electron chi connectivity index (χ4n) is 3.22. The molecule has 17 heavy (non-hydrogen) atoms. The van der Waals surface area contributed by atoms with E-state index in [-0.39, 0.29) is 0 Å². The van der Waals surface area contributed by atoms with E-state index in [9.17, 15) is 0 Å². The second-order valence-electron chi connectivity index (χ2n) is 5.96. The molecule has 2 rings (SSSR count). The SMILES string of the molecule is CN1CCCC(CNCCC2CCNCC2)C1. The summed E-state index contributed by atoms with van der Waals surface area (Å²) in [5, 5.41) is 7.11. The number of piperidine rings is 2. The molecular formula is C14H29N3. The standard InChI is InChI=1S/C14H29N3/c1-17-10-2-3-14(12-17)11-16-9-6-13-4-7-15-8-5-13/h13-16H,2-12H2,1H3. The summed E-state index contributed by atoms with van der Waals surface area (Å²) in [4.78, 5) is 2.47. The molecule has 1 unspecified atom stereocenters. The summed E-state index contributed by atoms with van der Waals surface area (Å²) in [5.41, 5.74) is 0. The molecule has 0 amide bonds. The Labute approximate surface area is 106 Å². The third kappa shape index (κ3) is 4.94. The maximum Gasteiger partial charge on any atom is 0.00187 e. The van der Waals surface area contributed by atoms with Gasteiger partial charge in [-0.25, -0.2) is 0 Å². The second kappa shape index (κ2) is 7.34. The van der Waals surface area contributed by atoms with Crippen molar-refractivity contribution in [3.05, 3.63) is 0 Å². The van der Waals surface area contributed by atoms with E-state index < -0.39 is 0 Å². The van der Waals surface area contributed by atoms with Crippen LogP contribution < -0.4 is 10.6 Å². The van der Waals surface area contributed by atoms with Gasteiger partial charge in [-0.15, -0.1) is 0 Å². The number of nitrogens with one attached hydrogen (secondary N) is 2. The van der Waals surface area contributed by atoms with Gasteiger partial charge in [-0.05, 0) is 83.7 Å². The van der Waals surface area contributed by atoms with Crippen molar-refractivity contribution in [2.45, 2.75) is 32.1 Å². The van der Waals surface area contributed by atoms with Crippen molar-refractivity contribution in [3.8, 4) is 0 Å². The molecule has 2 aliphatic heterocycles. The van der Waals surface area contributed by atoms with Crippen LogP contribution in [0.25, 0.3) is 0 Å². The van der Waals surface area contributed by atoms with Crippen LogP contribution in [0.15, 0.2) is 0 Å². The third-order valence-corrected chi connectivity index (χ3v) is 4.34. The van der Waals surface area contributed by atoms with Crippen LogP contribution in [-0.4, -0.2) is 51.2 Å². The summed E-state index contributed by atoms with van der Waals surface area (Å²) in [5.74, 6) is 1.86. The maximum atomic E-state index is 3.68. The molecule has 1 atom stereocenters. The van der Waals surface area contributed by atoms with Crippen molar-refractivity contribution < 1.29 is 0 Å². The molecule has 0 aromatic heterocycles. The first-order valence-corrected chi connectivity index (χ1v) is 7.44. The number of rotatable bonds is 5. The van der Waals surface area contributed by atoms with E-state index in [2.05, 4.69) is 22.6 Å². The van der Waals surface area contributed by atoms with Crippen molar-refractivity contribution in [3.63, 3.8) is 0 Å². The van der Waals surface area contributed by atoms with Gasteiger partial charge in [-0.3, -0.25) is 0 Å². The van der Waals surface area contributed by atoms with Crippen LogP contribution in [0.4, 0.5) is 0 Å². The first kappa shape index (κ1) is 13.3. The molecule has 0 aliphatic carbocycles. The van der Waals surface area contributed by atoms with Gasteiger partial charge >= 0.3 is 0 Å². The first-order valence-electron chi connectivity index (χ1n) is 7.44. The van der Waals surface area contributed by atoms with Crippen molar-refractivity contribution in [2.24, 2.45) is 11.8 Å². The van der Waals surface area contributed by atoms with E-state index >= 15 is 0 Å². The van der Waals surface area contributed by atoms with Crippen LogP contribution in [-0.2, 0) is 0 Å². The minimum atomic E-state index is 0.891. The summed E-state index contributed by atoms with van der Waals surface area (Å²) in [6.45, 7) is 7.52. The normalized spacial score (nSPS) is 28.4. The maximum absolute atomic E-state index is 3.68. The number of hydrogen-bond donors (Lipinski definition) is 2. The van der Waals surface area contributed by atoms with E-state index in [1.165, 1.54) is 71.4 Å². The lowest BCUT2D eigenvalue weighted by atomic mass is 9.94. The van der Waals surface area contributed by atoms with Gasteiger partial charge in [0.2, 0.25) is 0 Å². The second-order valence-corrected chi connectivity index (χ2v) is 5.96. The van der Waals surface area contributed by atoms with E-state index in [1.54, 1.807) is 0 Å². The Bertz CT molecular complexity index is 202. The molecule has 2 aliphatic rings. The Morgan fingerprint density at radius 2 is 2.00 bits per heavy atom. The average molecular weight is 239 g/mol. The molecule has 0 radical (unpaired) electrons. The Balaban J connectivity index is 1.50. The molecule has 0 aromatic carbocycles. The highest BCUT2D eigenvalue weighted by atomic mass is 15.1. The molecule has 0 aromatic rings. The fourth-order valence-corrected chi connectivity index (χ4v) is 3.22. The minimum Gasteiger partial charge on any atom is -0.317 e. The van der Waals surface area contributed by atoms with Crippen LogP contribution in [0.1, 0.15) is 32.1 Å². The zero-order valence-electron chi connectivity index (χ0n) is 11.4. The van der Waals surface area contributed by atoms with Crippen molar-refractivity contribution in [1.82, 2.24) is 15.5 Å². The lowest BCUT2D eigenvalue weighted by molar-refractivity contribution is 0.205. The fraction of sp³-hybridized carbons (Fsp3) is 1.00. The zero-order chi connectivity index (χ0) is 11.9. The predicted octanol–water partition coefficient (Wildman–Crippen LogP) is 1.31. The molecule has 0 bridgehead atoms. The summed E-state index contributed by atoms with van der Waals surface area (Å²) in [6, 6.07) is 0. The number of nitrogens with zero attached hydrogens (tertiary/aromatic N) is 1. The molecule has 0 saturated carbocycles. The molecule has 2 N–H and O–H groups in total. The van der Waals surface area contributed by atoms with Crippen LogP contribution >= 0.6 is 0 Å². The quantitative estimate of drug-likeness (QED) is 0.708. The molecule has 100 valence electrons. The molecule has 0 spiro atoms. The van der Waals surface area contributed by atoms with Crippen LogP contribution in [0.3, 0.4) is 0 Å². The van der Waals surface area contributed by atoms with E-state index in [0.717, 1.165) is 11.8 Å². The van der Waals surface area contributed by atoms with Crippen LogP contribution in [0, 0.1) is 11.8 Å². The van der Waals surface area contributed by atoms with Gasteiger partial charge in [-0.2, -0.15) is 0 Å². The highest BCUT2D eigenvalue weighted by Crippen LogP contribution is 2.16. The van der Waals surface area contributed by atoms with Gasteiger partial charge in [0.15, 0.2) is 0 Å². The minimum absolute atomic E-state index is 0.891.